The number of amides is 2. The number of ether oxygens (including phenoxy) is 2. The normalized spacial score (nSPS) is 13.1. The fourth-order valence-corrected chi connectivity index (χ4v) is 3.32. The van der Waals surface area contributed by atoms with Crippen molar-refractivity contribution in [1.82, 2.24) is 14.8 Å². The molecule has 1 aliphatic heterocycles. The number of hydrogen-bond acceptors (Lipinski definition) is 5. The lowest BCUT2D eigenvalue weighted by atomic mass is 10.2. The number of pyridine rings is 1. The monoisotopic (exact) mass is 419 g/mol. The number of carbonyl (C=O) groups excluding carboxylic acids is 2. The Morgan fingerprint density at radius 3 is 2.72 bits per heavy atom. The highest BCUT2D eigenvalue weighted by atomic mass is 35.5. The summed E-state index contributed by atoms with van der Waals surface area (Å²) in [5, 5.41) is 3.20. The fraction of sp³-hybridized carbons (Fsp3) is 0.350. The highest BCUT2D eigenvalue weighted by Crippen LogP contribution is 2.22. The molecule has 0 fully saturated rings. The molecule has 2 amide bonds. The maximum Gasteiger partial charge on any atom is 0.270 e. The van der Waals surface area contributed by atoms with Crippen LogP contribution in [0.5, 0.6) is 11.5 Å². The van der Waals surface area contributed by atoms with Gasteiger partial charge in [-0.1, -0.05) is 11.6 Å². The fourth-order valence-electron chi connectivity index (χ4n) is 3.15. The second kappa shape index (κ2) is 9.00. The smallest absolute Gasteiger partial charge is 0.270 e. The van der Waals surface area contributed by atoms with Gasteiger partial charge in [0.25, 0.3) is 11.8 Å². The van der Waals surface area contributed by atoms with Gasteiger partial charge in [0.1, 0.15) is 11.4 Å². The lowest BCUT2D eigenvalue weighted by molar-refractivity contribution is 0.0696. The number of methoxy groups -OCH3 is 1. The molecule has 1 N–H and O–H groups in total. The molecule has 2 aromatic rings. The van der Waals surface area contributed by atoms with Gasteiger partial charge in [-0.25, -0.2) is 0 Å². The SMILES string of the molecule is CCOc1cn2c(cc1=O)C(=O)N(CCNC(=O)c1cc(Cl)ccc1OC)CC2. The molecule has 1 aliphatic rings. The van der Waals surface area contributed by atoms with Crippen LogP contribution in [0.25, 0.3) is 0 Å². The Bertz CT molecular complexity index is 989. The minimum Gasteiger partial charge on any atom is -0.496 e. The minimum atomic E-state index is -0.341. The van der Waals surface area contributed by atoms with E-state index >= 15 is 0 Å². The summed E-state index contributed by atoms with van der Waals surface area (Å²) in [5.74, 6) is 0.0531. The molecular formula is C20H22ClN3O5. The van der Waals surface area contributed by atoms with Gasteiger partial charge in [-0.3, -0.25) is 14.4 Å². The third kappa shape index (κ3) is 4.54. The number of nitrogens with one attached hydrogen (secondary N) is 1. The Balaban J connectivity index is 1.64. The summed E-state index contributed by atoms with van der Waals surface area (Å²) >= 11 is 5.96. The van der Waals surface area contributed by atoms with E-state index in [1.807, 2.05) is 0 Å². The quantitative estimate of drug-likeness (QED) is 0.739. The Morgan fingerprint density at radius 1 is 1.21 bits per heavy atom. The summed E-state index contributed by atoms with van der Waals surface area (Å²) in [4.78, 5) is 38.8. The van der Waals surface area contributed by atoms with Crippen molar-refractivity contribution in [3.05, 3.63) is 57.0 Å². The molecule has 1 aromatic heterocycles. The first-order valence-corrected chi connectivity index (χ1v) is 9.60. The van der Waals surface area contributed by atoms with Gasteiger partial charge in [-0.05, 0) is 25.1 Å². The van der Waals surface area contributed by atoms with E-state index in [9.17, 15) is 14.4 Å². The first-order valence-electron chi connectivity index (χ1n) is 9.23. The Morgan fingerprint density at radius 2 is 2.00 bits per heavy atom. The molecule has 0 radical (unpaired) electrons. The van der Waals surface area contributed by atoms with E-state index in [0.29, 0.717) is 48.3 Å². The number of benzene rings is 1. The first kappa shape index (κ1) is 20.7. The number of hydrogen-bond donors (Lipinski definition) is 1. The van der Waals surface area contributed by atoms with Crippen molar-refractivity contribution in [2.45, 2.75) is 13.5 Å². The molecule has 2 heterocycles. The number of carbonyl (C=O) groups is 2. The van der Waals surface area contributed by atoms with Crippen LogP contribution < -0.4 is 20.2 Å². The summed E-state index contributed by atoms with van der Waals surface area (Å²) in [5.41, 5.74) is 0.313. The van der Waals surface area contributed by atoms with Gasteiger partial charge >= 0.3 is 0 Å². The van der Waals surface area contributed by atoms with Crippen LogP contribution in [0.3, 0.4) is 0 Å². The van der Waals surface area contributed by atoms with Gasteiger partial charge in [-0.15, -0.1) is 0 Å². The minimum absolute atomic E-state index is 0.236. The van der Waals surface area contributed by atoms with E-state index < -0.39 is 0 Å². The molecule has 29 heavy (non-hydrogen) atoms. The van der Waals surface area contributed by atoms with Crippen molar-refractivity contribution in [3.8, 4) is 11.5 Å². The third-order valence-corrected chi connectivity index (χ3v) is 4.82. The molecule has 3 rings (SSSR count). The maximum absolute atomic E-state index is 12.7. The van der Waals surface area contributed by atoms with Gasteiger partial charge in [0, 0.05) is 37.3 Å². The van der Waals surface area contributed by atoms with Crippen molar-refractivity contribution < 1.29 is 19.1 Å². The van der Waals surface area contributed by atoms with Crippen LogP contribution in [0.2, 0.25) is 5.02 Å². The molecule has 0 atom stereocenters. The highest BCUT2D eigenvalue weighted by Gasteiger charge is 2.25. The predicted octanol–water partition coefficient (Wildman–Crippen LogP) is 1.79. The van der Waals surface area contributed by atoms with Crippen LogP contribution in [-0.2, 0) is 6.54 Å². The Hall–Kier alpha value is -3.00. The van der Waals surface area contributed by atoms with Crippen LogP contribution in [0.1, 0.15) is 27.8 Å². The van der Waals surface area contributed by atoms with Crippen molar-refractivity contribution >= 4 is 23.4 Å². The summed E-state index contributed by atoms with van der Waals surface area (Å²) < 4.78 is 12.2. The number of aromatic nitrogens is 1. The molecule has 0 unspecified atom stereocenters. The first-order chi connectivity index (χ1) is 13.9. The van der Waals surface area contributed by atoms with E-state index in [-0.39, 0.29) is 29.5 Å². The third-order valence-electron chi connectivity index (χ3n) is 4.58. The van der Waals surface area contributed by atoms with Crippen molar-refractivity contribution in [1.29, 1.82) is 0 Å². The topological polar surface area (TPSA) is 89.9 Å². The van der Waals surface area contributed by atoms with Gasteiger partial charge < -0.3 is 24.3 Å². The zero-order valence-electron chi connectivity index (χ0n) is 16.2. The van der Waals surface area contributed by atoms with E-state index in [1.54, 1.807) is 34.7 Å². The van der Waals surface area contributed by atoms with E-state index in [2.05, 4.69) is 5.32 Å². The van der Waals surface area contributed by atoms with Crippen LogP contribution in [0, 0.1) is 0 Å². The molecule has 0 bridgehead atoms. The summed E-state index contributed by atoms with van der Waals surface area (Å²) in [6.07, 6.45) is 1.57. The predicted molar refractivity (Wildman–Crippen MR) is 108 cm³/mol. The number of nitrogens with zero attached hydrogens (tertiary/aromatic N) is 2. The average Bonchev–Trinajstić information content (AvgIpc) is 2.71. The van der Waals surface area contributed by atoms with Gasteiger partial charge in [0.2, 0.25) is 5.43 Å². The van der Waals surface area contributed by atoms with E-state index in [0.717, 1.165) is 0 Å². The highest BCUT2D eigenvalue weighted by molar-refractivity contribution is 6.31. The van der Waals surface area contributed by atoms with Crippen LogP contribution in [0.4, 0.5) is 0 Å². The van der Waals surface area contributed by atoms with Crippen LogP contribution in [0.15, 0.2) is 35.3 Å². The van der Waals surface area contributed by atoms with Gasteiger partial charge in [-0.2, -0.15) is 0 Å². The Labute approximate surface area is 173 Å². The maximum atomic E-state index is 12.7. The molecule has 8 nitrogen and oxygen atoms in total. The molecule has 0 spiro atoms. The van der Waals surface area contributed by atoms with Crippen LogP contribution in [-0.4, -0.2) is 54.6 Å². The molecule has 0 saturated carbocycles. The van der Waals surface area contributed by atoms with Crippen molar-refractivity contribution in [2.75, 3.05) is 33.4 Å². The number of fused-ring (bicyclic) bond motifs is 1. The standard InChI is InChI=1S/C20H22ClN3O5/c1-3-29-18-12-24-9-8-23(20(27)15(24)11-16(18)25)7-6-22-19(26)14-10-13(21)4-5-17(14)28-2/h4-5,10-12H,3,6-9H2,1-2H3,(H,22,26). The summed E-state index contributed by atoms with van der Waals surface area (Å²) in [7, 11) is 1.47. The zero-order valence-corrected chi connectivity index (χ0v) is 17.0. The number of halogens is 1. The molecular weight excluding hydrogens is 398 g/mol. The van der Waals surface area contributed by atoms with Gasteiger partial charge in [0.05, 0.1) is 25.5 Å². The second-order valence-corrected chi connectivity index (χ2v) is 6.84. The van der Waals surface area contributed by atoms with Crippen LogP contribution >= 0.6 is 11.6 Å². The summed E-state index contributed by atoms with van der Waals surface area (Å²) in [6, 6.07) is 6.09. The zero-order chi connectivity index (χ0) is 21.0. The van der Waals surface area contributed by atoms with Gasteiger partial charge in [0.15, 0.2) is 5.75 Å². The molecule has 0 saturated heterocycles. The molecule has 1 aromatic carbocycles. The lowest BCUT2D eigenvalue weighted by Crippen LogP contribution is -2.45. The van der Waals surface area contributed by atoms with Crippen molar-refractivity contribution in [3.63, 3.8) is 0 Å². The average molecular weight is 420 g/mol. The van der Waals surface area contributed by atoms with E-state index in [1.165, 1.54) is 19.2 Å². The summed E-state index contributed by atoms with van der Waals surface area (Å²) in [6.45, 7) is 3.75. The lowest BCUT2D eigenvalue weighted by Gasteiger charge is -2.30. The largest absolute Gasteiger partial charge is 0.496 e. The van der Waals surface area contributed by atoms with Crippen molar-refractivity contribution in [2.24, 2.45) is 0 Å². The Kier molecular flexibility index (Phi) is 6.43. The molecule has 0 aliphatic carbocycles. The molecule has 9 heteroatoms. The molecule has 154 valence electrons. The second-order valence-electron chi connectivity index (χ2n) is 6.41. The number of rotatable bonds is 7. The van der Waals surface area contributed by atoms with E-state index in [4.69, 9.17) is 21.1 Å².